The SMILES string of the molecule is C[C@]1(C(=O)Nc2cn[nH]c2)CCCN(C(=O)c2ccccc2)C1. The van der Waals surface area contributed by atoms with E-state index in [1.807, 2.05) is 25.1 Å². The largest absolute Gasteiger partial charge is 0.338 e. The van der Waals surface area contributed by atoms with Gasteiger partial charge in [-0.3, -0.25) is 14.7 Å². The van der Waals surface area contributed by atoms with Crippen molar-refractivity contribution in [3.63, 3.8) is 0 Å². The molecular weight excluding hydrogens is 292 g/mol. The molecule has 2 aromatic rings. The van der Waals surface area contributed by atoms with Crippen LogP contribution in [0.4, 0.5) is 5.69 Å². The van der Waals surface area contributed by atoms with Crippen LogP contribution < -0.4 is 5.32 Å². The van der Waals surface area contributed by atoms with E-state index in [-0.39, 0.29) is 11.8 Å². The van der Waals surface area contributed by atoms with E-state index in [9.17, 15) is 9.59 Å². The first-order valence-electron chi connectivity index (χ1n) is 7.73. The van der Waals surface area contributed by atoms with Gasteiger partial charge >= 0.3 is 0 Å². The smallest absolute Gasteiger partial charge is 0.253 e. The number of likely N-dealkylation sites (tertiary alicyclic amines) is 1. The molecule has 1 aromatic heterocycles. The van der Waals surface area contributed by atoms with Crippen molar-refractivity contribution >= 4 is 17.5 Å². The summed E-state index contributed by atoms with van der Waals surface area (Å²) in [7, 11) is 0. The Morgan fingerprint density at radius 2 is 2.09 bits per heavy atom. The van der Waals surface area contributed by atoms with Gasteiger partial charge in [-0.25, -0.2) is 0 Å². The number of carbonyl (C=O) groups excluding carboxylic acids is 2. The Kier molecular flexibility index (Phi) is 4.14. The second kappa shape index (κ2) is 6.24. The number of nitrogens with zero attached hydrogens (tertiary/aromatic N) is 2. The average molecular weight is 312 g/mol. The van der Waals surface area contributed by atoms with E-state index in [1.54, 1.807) is 29.4 Å². The Labute approximate surface area is 134 Å². The Balaban J connectivity index is 1.72. The van der Waals surface area contributed by atoms with Crippen LogP contribution in [0.2, 0.25) is 0 Å². The fraction of sp³-hybridized carbons (Fsp3) is 0.353. The number of aromatic amines is 1. The van der Waals surface area contributed by atoms with E-state index < -0.39 is 5.41 Å². The fourth-order valence-corrected chi connectivity index (χ4v) is 2.96. The molecule has 0 saturated carbocycles. The molecule has 120 valence electrons. The zero-order chi connectivity index (χ0) is 16.3. The summed E-state index contributed by atoms with van der Waals surface area (Å²) in [6.07, 6.45) is 4.77. The summed E-state index contributed by atoms with van der Waals surface area (Å²) in [6.45, 7) is 3.01. The van der Waals surface area contributed by atoms with Gasteiger partial charge in [0.25, 0.3) is 5.91 Å². The van der Waals surface area contributed by atoms with Crippen molar-refractivity contribution in [1.82, 2.24) is 15.1 Å². The Hall–Kier alpha value is -2.63. The number of H-pyrrole nitrogens is 1. The van der Waals surface area contributed by atoms with Gasteiger partial charge in [-0.2, -0.15) is 5.10 Å². The van der Waals surface area contributed by atoms with E-state index in [0.29, 0.717) is 24.3 Å². The lowest BCUT2D eigenvalue weighted by molar-refractivity contribution is -0.127. The summed E-state index contributed by atoms with van der Waals surface area (Å²) in [5.41, 5.74) is 0.703. The van der Waals surface area contributed by atoms with E-state index in [2.05, 4.69) is 15.5 Å². The first kappa shape index (κ1) is 15.3. The molecule has 1 atom stereocenters. The lowest BCUT2D eigenvalue weighted by Crippen LogP contribution is -2.50. The number of nitrogens with one attached hydrogen (secondary N) is 2. The molecule has 0 spiro atoms. The van der Waals surface area contributed by atoms with Crippen LogP contribution in [-0.4, -0.2) is 40.0 Å². The number of benzene rings is 1. The molecule has 0 radical (unpaired) electrons. The maximum atomic E-state index is 12.6. The monoisotopic (exact) mass is 312 g/mol. The molecule has 0 unspecified atom stereocenters. The molecule has 2 amide bonds. The van der Waals surface area contributed by atoms with E-state index in [4.69, 9.17) is 0 Å². The van der Waals surface area contributed by atoms with E-state index in [1.165, 1.54) is 0 Å². The maximum absolute atomic E-state index is 12.6. The minimum absolute atomic E-state index is 0.0207. The molecule has 1 aliphatic rings. The van der Waals surface area contributed by atoms with Gasteiger partial charge in [-0.1, -0.05) is 18.2 Å². The number of amides is 2. The number of rotatable bonds is 3. The van der Waals surface area contributed by atoms with Gasteiger partial charge < -0.3 is 10.2 Å². The third kappa shape index (κ3) is 3.26. The predicted molar refractivity (Wildman–Crippen MR) is 86.9 cm³/mol. The molecule has 2 N–H and O–H groups in total. The number of hydrogen-bond donors (Lipinski definition) is 2. The Morgan fingerprint density at radius 1 is 1.30 bits per heavy atom. The summed E-state index contributed by atoms with van der Waals surface area (Å²) >= 11 is 0. The highest BCUT2D eigenvalue weighted by atomic mass is 16.2. The standard InChI is InChI=1S/C17H20N4O2/c1-17(16(23)20-14-10-18-19-11-14)8-5-9-21(12-17)15(22)13-6-3-2-4-7-13/h2-4,6-7,10-11H,5,8-9,12H2,1H3,(H,18,19)(H,20,23)/t17-/m0/s1. The summed E-state index contributed by atoms with van der Waals surface area (Å²) in [5.74, 6) is -0.0999. The molecule has 1 saturated heterocycles. The number of hydrogen-bond acceptors (Lipinski definition) is 3. The molecule has 1 fully saturated rings. The van der Waals surface area contributed by atoms with Gasteiger partial charge in [0.15, 0.2) is 0 Å². The summed E-state index contributed by atoms with van der Waals surface area (Å²) < 4.78 is 0. The highest BCUT2D eigenvalue weighted by Crippen LogP contribution is 2.31. The molecule has 2 heterocycles. The quantitative estimate of drug-likeness (QED) is 0.913. The third-order valence-electron chi connectivity index (χ3n) is 4.31. The van der Waals surface area contributed by atoms with Gasteiger partial charge in [0.05, 0.1) is 17.3 Å². The van der Waals surface area contributed by atoms with Crippen LogP contribution >= 0.6 is 0 Å². The zero-order valence-corrected chi connectivity index (χ0v) is 13.1. The van der Waals surface area contributed by atoms with Crippen LogP contribution in [0.1, 0.15) is 30.1 Å². The summed E-state index contributed by atoms with van der Waals surface area (Å²) in [4.78, 5) is 27.0. The van der Waals surface area contributed by atoms with Crippen molar-refractivity contribution < 1.29 is 9.59 Å². The van der Waals surface area contributed by atoms with Crippen molar-refractivity contribution in [2.45, 2.75) is 19.8 Å². The van der Waals surface area contributed by atoms with E-state index in [0.717, 1.165) is 12.8 Å². The topological polar surface area (TPSA) is 78.1 Å². The maximum Gasteiger partial charge on any atom is 0.253 e. The molecule has 1 aliphatic heterocycles. The molecule has 3 rings (SSSR count). The molecule has 23 heavy (non-hydrogen) atoms. The minimum Gasteiger partial charge on any atom is -0.338 e. The van der Waals surface area contributed by atoms with Crippen LogP contribution in [0.15, 0.2) is 42.7 Å². The Bertz CT molecular complexity index is 684. The normalized spacial score (nSPS) is 21.0. The van der Waals surface area contributed by atoms with Crippen LogP contribution in [0.3, 0.4) is 0 Å². The predicted octanol–water partition coefficient (Wildman–Crippen LogP) is 2.29. The lowest BCUT2D eigenvalue weighted by Gasteiger charge is -2.39. The van der Waals surface area contributed by atoms with Crippen molar-refractivity contribution in [2.24, 2.45) is 5.41 Å². The van der Waals surface area contributed by atoms with Gasteiger partial charge in [0.1, 0.15) is 0 Å². The highest BCUT2D eigenvalue weighted by Gasteiger charge is 2.39. The molecule has 6 heteroatoms. The molecular formula is C17H20N4O2. The van der Waals surface area contributed by atoms with Crippen molar-refractivity contribution in [3.8, 4) is 0 Å². The average Bonchev–Trinajstić information content (AvgIpc) is 3.08. The van der Waals surface area contributed by atoms with Crippen molar-refractivity contribution in [3.05, 3.63) is 48.3 Å². The second-order valence-corrected chi connectivity index (χ2v) is 6.20. The van der Waals surface area contributed by atoms with Crippen LogP contribution in [0.5, 0.6) is 0 Å². The number of carbonyl (C=O) groups is 2. The van der Waals surface area contributed by atoms with Crippen LogP contribution in [0.25, 0.3) is 0 Å². The molecule has 0 bridgehead atoms. The first-order valence-corrected chi connectivity index (χ1v) is 7.73. The van der Waals surface area contributed by atoms with Crippen LogP contribution in [-0.2, 0) is 4.79 Å². The minimum atomic E-state index is -0.597. The van der Waals surface area contributed by atoms with Crippen LogP contribution in [0, 0.1) is 5.41 Å². The highest BCUT2D eigenvalue weighted by molar-refractivity contribution is 5.97. The molecule has 1 aromatic carbocycles. The summed E-state index contributed by atoms with van der Waals surface area (Å²) in [6, 6.07) is 9.19. The number of aromatic nitrogens is 2. The fourth-order valence-electron chi connectivity index (χ4n) is 2.96. The van der Waals surface area contributed by atoms with Gasteiger partial charge in [-0.15, -0.1) is 0 Å². The van der Waals surface area contributed by atoms with Gasteiger partial charge in [-0.05, 0) is 31.9 Å². The molecule has 6 nitrogen and oxygen atoms in total. The van der Waals surface area contributed by atoms with Gasteiger partial charge in [0.2, 0.25) is 5.91 Å². The van der Waals surface area contributed by atoms with E-state index >= 15 is 0 Å². The number of piperidine rings is 1. The zero-order valence-electron chi connectivity index (χ0n) is 13.1. The van der Waals surface area contributed by atoms with Crippen molar-refractivity contribution in [2.75, 3.05) is 18.4 Å². The first-order chi connectivity index (χ1) is 11.1. The third-order valence-corrected chi connectivity index (χ3v) is 4.31. The van der Waals surface area contributed by atoms with Crippen molar-refractivity contribution in [1.29, 1.82) is 0 Å². The molecule has 0 aliphatic carbocycles. The second-order valence-electron chi connectivity index (χ2n) is 6.20. The van der Waals surface area contributed by atoms with Gasteiger partial charge in [0, 0.05) is 24.8 Å². The Morgan fingerprint density at radius 3 is 2.78 bits per heavy atom. The lowest BCUT2D eigenvalue weighted by atomic mass is 9.80. The number of anilines is 1. The summed E-state index contributed by atoms with van der Waals surface area (Å²) in [5, 5.41) is 9.35.